The molecule has 186 valence electrons. The van der Waals surface area contributed by atoms with Crippen molar-refractivity contribution in [3.63, 3.8) is 0 Å². The van der Waals surface area contributed by atoms with E-state index in [0.717, 1.165) is 44.1 Å². The Bertz CT molecular complexity index is 630. The molecular weight excluding hydrogens is 392 g/mol. The molecule has 0 saturated heterocycles. The summed E-state index contributed by atoms with van der Waals surface area (Å²) in [6.07, 6.45) is 11.2. The summed E-state index contributed by atoms with van der Waals surface area (Å²) in [5.41, 5.74) is 2.44. The van der Waals surface area contributed by atoms with Gasteiger partial charge in [0, 0.05) is 0 Å². The molecule has 1 aromatic rings. The number of hydrogen-bond donors (Lipinski definition) is 2. The molecule has 0 fully saturated rings. The average Bonchev–Trinajstić information content (AvgIpc) is 2.76. The minimum Gasteiger partial charge on any atom is -0.508 e. The second kappa shape index (κ2) is 14.3. The van der Waals surface area contributed by atoms with Crippen molar-refractivity contribution >= 4 is 0 Å². The van der Waals surface area contributed by atoms with Crippen molar-refractivity contribution in [2.24, 2.45) is 17.8 Å². The first kappa shape index (κ1) is 29.0. The standard InChI is InChI=1S/C30H54O2/c1-9-12-13-16-22(4)24(6)28(31)19-17-23(5)30(7,8)26-18-20-29(32)27(21-26)25(14-10-2)15-11-3/h18,20-25,28,31-32H,9-17,19H2,1-8H3. The van der Waals surface area contributed by atoms with E-state index in [1.165, 1.54) is 31.2 Å². The zero-order chi connectivity index (χ0) is 24.3. The van der Waals surface area contributed by atoms with Gasteiger partial charge in [-0.1, -0.05) is 106 Å². The maximum absolute atomic E-state index is 10.9. The highest BCUT2D eigenvalue weighted by Crippen LogP contribution is 2.40. The maximum atomic E-state index is 10.9. The van der Waals surface area contributed by atoms with Crippen LogP contribution in [0.4, 0.5) is 0 Å². The zero-order valence-electron chi connectivity index (χ0n) is 22.6. The van der Waals surface area contributed by atoms with Crippen LogP contribution in [0.15, 0.2) is 18.2 Å². The summed E-state index contributed by atoms with van der Waals surface area (Å²) in [6, 6.07) is 6.29. The lowest BCUT2D eigenvalue weighted by Gasteiger charge is -2.35. The normalized spacial score (nSPS) is 16.2. The first-order valence-electron chi connectivity index (χ1n) is 13.6. The molecule has 2 N–H and O–H groups in total. The van der Waals surface area contributed by atoms with Gasteiger partial charge in [0.2, 0.25) is 0 Å². The molecule has 0 saturated carbocycles. The van der Waals surface area contributed by atoms with Gasteiger partial charge in [0.25, 0.3) is 0 Å². The number of hydrogen-bond acceptors (Lipinski definition) is 2. The summed E-state index contributed by atoms with van der Waals surface area (Å²) in [4.78, 5) is 0. The molecule has 0 bridgehead atoms. The highest BCUT2D eigenvalue weighted by Gasteiger charge is 2.30. The van der Waals surface area contributed by atoms with E-state index in [-0.39, 0.29) is 11.5 Å². The summed E-state index contributed by atoms with van der Waals surface area (Å²) in [5, 5.41) is 21.5. The highest BCUT2D eigenvalue weighted by atomic mass is 16.3. The molecule has 0 amide bonds. The van der Waals surface area contributed by atoms with Gasteiger partial charge in [-0.2, -0.15) is 0 Å². The van der Waals surface area contributed by atoms with Gasteiger partial charge >= 0.3 is 0 Å². The van der Waals surface area contributed by atoms with Gasteiger partial charge in [-0.15, -0.1) is 0 Å². The number of phenols is 1. The third-order valence-electron chi connectivity index (χ3n) is 8.38. The van der Waals surface area contributed by atoms with Crippen molar-refractivity contribution in [2.75, 3.05) is 0 Å². The van der Waals surface area contributed by atoms with E-state index in [1.807, 2.05) is 6.07 Å². The summed E-state index contributed by atoms with van der Waals surface area (Å²) in [5.74, 6) is 2.27. The molecule has 1 rings (SSSR count). The molecule has 4 unspecified atom stereocenters. The SMILES string of the molecule is CCCCCC(C)C(C)C(O)CCC(C)C(C)(C)c1ccc(O)c(C(CCC)CCC)c1. The fourth-order valence-electron chi connectivity index (χ4n) is 5.12. The highest BCUT2D eigenvalue weighted by molar-refractivity contribution is 5.41. The Morgan fingerprint density at radius 1 is 0.812 bits per heavy atom. The Hall–Kier alpha value is -1.02. The molecule has 4 atom stereocenters. The lowest BCUT2D eigenvalue weighted by Crippen LogP contribution is -2.30. The van der Waals surface area contributed by atoms with Crippen molar-refractivity contribution in [2.45, 2.75) is 137 Å². The number of benzene rings is 1. The molecule has 2 heteroatoms. The summed E-state index contributed by atoms with van der Waals surface area (Å²) in [7, 11) is 0. The van der Waals surface area contributed by atoms with Gasteiger partial charge in [-0.25, -0.2) is 0 Å². The van der Waals surface area contributed by atoms with Crippen LogP contribution in [0, 0.1) is 17.8 Å². The van der Waals surface area contributed by atoms with Crippen LogP contribution < -0.4 is 0 Å². The summed E-state index contributed by atoms with van der Waals surface area (Å²) >= 11 is 0. The Kier molecular flexibility index (Phi) is 13.0. The number of aliphatic hydroxyl groups excluding tert-OH is 1. The van der Waals surface area contributed by atoms with Crippen LogP contribution in [0.1, 0.15) is 137 Å². The molecule has 0 aromatic heterocycles. The molecule has 0 spiro atoms. The van der Waals surface area contributed by atoms with Crippen LogP contribution >= 0.6 is 0 Å². The summed E-state index contributed by atoms with van der Waals surface area (Å²) in [6.45, 7) is 18.2. The van der Waals surface area contributed by atoms with Crippen LogP contribution in [-0.2, 0) is 5.41 Å². The fourth-order valence-corrected chi connectivity index (χ4v) is 5.12. The number of phenolic OH excluding ortho intramolecular Hbond substituents is 1. The zero-order valence-corrected chi connectivity index (χ0v) is 22.6. The first-order valence-corrected chi connectivity index (χ1v) is 13.6. The van der Waals surface area contributed by atoms with Gasteiger partial charge in [0.05, 0.1) is 6.10 Å². The number of unbranched alkanes of at least 4 members (excludes halogenated alkanes) is 2. The molecule has 0 aliphatic carbocycles. The molecule has 2 nitrogen and oxygen atoms in total. The molecule has 0 heterocycles. The number of aromatic hydroxyl groups is 1. The van der Waals surface area contributed by atoms with E-state index in [0.29, 0.717) is 29.4 Å². The smallest absolute Gasteiger partial charge is 0.119 e. The van der Waals surface area contributed by atoms with Crippen LogP contribution in [0.3, 0.4) is 0 Å². The van der Waals surface area contributed by atoms with Crippen LogP contribution in [0.2, 0.25) is 0 Å². The van der Waals surface area contributed by atoms with E-state index in [9.17, 15) is 10.2 Å². The molecular formula is C30H54O2. The summed E-state index contributed by atoms with van der Waals surface area (Å²) < 4.78 is 0. The van der Waals surface area contributed by atoms with Gasteiger partial charge in [-0.05, 0) is 72.0 Å². The van der Waals surface area contributed by atoms with Crippen LogP contribution in [0.25, 0.3) is 0 Å². The number of aliphatic hydroxyl groups is 1. The van der Waals surface area contributed by atoms with Gasteiger partial charge in [-0.3, -0.25) is 0 Å². The monoisotopic (exact) mass is 446 g/mol. The molecule has 0 radical (unpaired) electrons. The van der Waals surface area contributed by atoms with Crippen molar-refractivity contribution in [1.29, 1.82) is 0 Å². The van der Waals surface area contributed by atoms with Crippen molar-refractivity contribution in [3.05, 3.63) is 29.3 Å². The topological polar surface area (TPSA) is 40.5 Å². The van der Waals surface area contributed by atoms with E-state index >= 15 is 0 Å². The van der Waals surface area contributed by atoms with E-state index in [1.54, 1.807) is 0 Å². The second-order valence-corrected chi connectivity index (χ2v) is 11.1. The van der Waals surface area contributed by atoms with Gasteiger partial charge in [0.1, 0.15) is 5.75 Å². The lowest BCUT2D eigenvalue weighted by atomic mass is 9.70. The van der Waals surface area contributed by atoms with Crippen molar-refractivity contribution < 1.29 is 10.2 Å². The van der Waals surface area contributed by atoms with Gasteiger partial charge in [0.15, 0.2) is 0 Å². The average molecular weight is 447 g/mol. The minimum atomic E-state index is -0.223. The Balaban J connectivity index is 2.84. The predicted molar refractivity (Wildman–Crippen MR) is 141 cm³/mol. The first-order chi connectivity index (χ1) is 15.1. The third kappa shape index (κ3) is 8.40. The molecule has 1 aromatic carbocycles. The van der Waals surface area contributed by atoms with Crippen molar-refractivity contribution in [3.8, 4) is 5.75 Å². The van der Waals surface area contributed by atoms with E-state index < -0.39 is 0 Å². The van der Waals surface area contributed by atoms with E-state index in [4.69, 9.17) is 0 Å². The molecule has 0 aliphatic rings. The molecule has 32 heavy (non-hydrogen) atoms. The largest absolute Gasteiger partial charge is 0.508 e. The lowest BCUT2D eigenvalue weighted by molar-refractivity contribution is 0.0674. The minimum absolute atomic E-state index is 0.00112. The van der Waals surface area contributed by atoms with Gasteiger partial charge < -0.3 is 10.2 Å². The Morgan fingerprint density at radius 2 is 1.44 bits per heavy atom. The van der Waals surface area contributed by atoms with Crippen LogP contribution in [-0.4, -0.2) is 16.3 Å². The van der Waals surface area contributed by atoms with Crippen LogP contribution in [0.5, 0.6) is 5.75 Å². The quantitative estimate of drug-likeness (QED) is 0.249. The molecule has 0 aliphatic heterocycles. The third-order valence-corrected chi connectivity index (χ3v) is 8.38. The Morgan fingerprint density at radius 3 is 2.00 bits per heavy atom. The second-order valence-electron chi connectivity index (χ2n) is 11.1. The Labute approximate surface area is 200 Å². The predicted octanol–water partition coefficient (Wildman–Crippen LogP) is 8.98. The van der Waals surface area contributed by atoms with Crippen molar-refractivity contribution in [1.82, 2.24) is 0 Å². The maximum Gasteiger partial charge on any atom is 0.119 e. The number of rotatable bonds is 16. The van der Waals surface area contributed by atoms with E-state index in [2.05, 4.69) is 67.5 Å². The fraction of sp³-hybridized carbons (Fsp3) is 0.800.